The number of rotatable bonds is 5. The van der Waals surface area contributed by atoms with E-state index in [4.69, 9.17) is 4.74 Å². The highest BCUT2D eigenvalue weighted by molar-refractivity contribution is 6.05. The minimum atomic E-state index is -0.707. The second-order valence-corrected chi connectivity index (χ2v) is 6.54. The van der Waals surface area contributed by atoms with Crippen LogP contribution in [0.15, 0.2) is 89.7 Å². The molecule has 0 spiro atoms. The number of carbonyl (C=O) groups is 2. The quantitative estimate of drug-likeness (QED) is 0.413. The number of aromatic nitrogens is 1. The molecule has 0 atom stereocenters. The molecule has 0 saturated carbocycles. The Morgan fingerprint density at radius 2 is 1.45 bits per heavy atom. The number of hydrogen-bond acceptors (Lipinski definition) is 4. The average Bonchev–Trinajstić information content (AvgIpc) is 2.77. The zero-order chi connectivity index (χ0) is 20.2. The Balaban J connectivity index is 1.47. The summed E-state index contributed by atoms with van der Waals surface area (Å²) in [7, 11) is 0. The van der Waals surface area contributed by atoms with E-state index in [9.17, 15) is 14.4 Å². The van der Waals surface area contributed by atoms with Crippen molar-refractivity contribution in [2.75, 3.05) is 6.61 Å². The number of H-pyrrole nitrogens is 1. The Morgan fingerprint density at radius 1 is 0.793 bits per heavy atom. The van der Waals surface area contributed by atoms with Crippen molar-refractivity contribution in [1.29, 1.82) is 0 Å². The van der Waals surface area contributed by atoms with Crippen LogP contribution in [-0.2, 0) is 4.74 Å². The average molecular weight is 383 g/mol. The number of nitrogens with one attached hydrogen (secondary N) is 1. The highest BCUT2D eigenvalue weighted by Gasteiger charge is 2.15. The van der Waals surface area contributed by atoms with Crippen LogP contribution in [0, 0.1) is 0 Å². The molecule has 0 saturated heterocycles. The summed E-state index contributed by atoms with van der Waals surface area (Å²) in [6.45, 7) is -0.398. The van der Waals surface area contributed by atoms with Gasteiger partial charge in [-0.3, -0.25) is 9.59 Å². The fourth-order valence-corrected chi connectivity index (χ4v) is 3.14. The number of aromatic amines is 1. The number of carbonyl (C=O) groups excluding carboxylic acids is 2. The molecule has 0 amide bonds. The summed E-state index contributed by atoms with van der Waals surface area (Å²) < 4.78 is 5.18. The number of fused-ring (bicyclic) bond motifs is 1. The lowest BCUT2D eigenvalue weighted by Gasteiger charge is -2.08. The van der Waals surface area contributed by atoms with Gasteiger partial charge < -0.3 is 9.72 Å². The van der Waals surface area contributed by atoms with E-state index in [-0.39, 0.29) is 11.3 Å². The maximum atomic E-state index is 12.5. The third kappa shape index (κ3) is 3.99. The minimum Gasteiger partial charge on any atom is -0.454 e. The van der Waals surface area contributed by atoms with E-state index in [1.807, 2.05) is 42.5 Å². The Morgan fingerprint density at radius 3 is 2.21 bits per heavy atom. The van der Waals surface area contributed by atoms with E-state index in [2.05, 4.69) is 4.98 Å². The van der Waals surface area contributed by atoms with Gasteiger partial charge in [0.25, 0.3) is 0 Å². The predicted molar refractivity (Wildman–Crippen MR) is 111 cm³/mol. The van der Waals surface area contributed by atoms with Gasteiger partial charge in [-0.25, -0.2) is 4.79 Å². The molecule has 4 aromatic rings. The van der Waals surface area contributed by atoms with E-state index in [0.717, 1.165) is 11.1 Å². The van der Waals surface area contributed by atoms with Crippen LogP contribution in [0.1, 0.15) is 20.7 Å². The van der Waals surface area contributed by atoms with Crippen LogP contribution < -0.4 is 5.56 Å². The first-order chi connectivity index (χ1) is 14.1. The lowest BCUT2D eigenvalue weighted by Crippen LogP contribution is -2.17. The van der Waals surface area contributed by atoms with E-state index in [1.165, 1.54) is 6.07 Å². The van der Waals surface area contributed by atoms with Crippen molar-refractivity contribution < 1.29 is 14.3 Å². The molecule has 4 rings (SSSR count). The van der Waals surface area contributed by atoms with Gasteiger partial charge in [0.2, 0.25) is 5.56 Å². The monoisotopic (exact) mass is 383 g/mol. The molecule has 0 bridgehead atoms. The van der Waals surface area contributed by atoms with E-state index < -0.39 is 18.1 Å². The zero-order valence-electron chi connectivity index (χ0n) is 15.4. The number of benzene rings is 3. The van der Waals surface area contributed by atoms with Crippen molar-refractivity contribution in [1.82, 2.24) is 4.98 Å². The number of para-hydroxylation sites is 1. The van der Waals surface area contributed by atoms with Crippen molar-refractivity contribution in [2.45, 2.75) is 0 Å². The van der Waals surface area contributed by atoms with Crippen molar-refractivity contribution >= 4 is 22.7 Å². The minimum absolute atomic E-state index is 0.136. The molecule has 1 N–H and O–H groups in total. The molecule has 5 heteroatoms. The third-order valence-electron chi connectivity index (χ3n) is 4.62. The topological polar surface area (TPSA) is 76.2 Å². The van der Waals surface area contributed by atoms with Crippen molar-refractivity contribution in [3.63, 3.8) is 0 Å². The highest BCUT2D eigenvalue weighted by Crippen LogP contribution is 2.20. The summed E-state index contributed by atoms with van der Waals surface area (Å²) in [4.78, 5) is 39.3. The first-order valence-electron chi connectivity index (χ1n) is 9.10. The smallest absolute Gasteiger partial charge is 0.339 e. The van der Waals surface area contributed by atoms with E-state index in [0.29, 0.717) is 16.5 Å². The molecule has 0 fully saturated rings. The van der Waals surface area contributed by atoms with Crippen molar-refractivity contribution in [2.24, 2.45) is 0 Å². The van der Waals surface area contributed by atoms with Gasteiger partial charge in [0.15, 0.2) is 12.4 Å². The standard InChI is InChI=1S/C24H17NO4/c26-22(18-12-10-17(11-13-18)16-6-2-1-3-7-16)15-29-24(28)20-14-23(27)25-21-9-5-4-8-19(20)21/h1-14H,15H2,(H,25,27). The molecule has 29 heavy (non-hydrogen) atoms. The van der Waals surface area contributed by atoms with Gasteiger partial charge in [-0.15, -0.1) is 0 Å². The maximum Gasteiger partial charge on any atom is 0.339 e. The van der Waals surface area contributed by atoms with Crippen molar-refractivity contribution in [3.8, 4) is 11.1 Å². The Hall–Kier alpha value is -3.99. The second kappa shape index (κ2) is 7.94. The third-order valence-corrected chi connectivity index (χ3v) is 4.62. The summed E-state index contributed by atoms with van der Waals surface area (Å²) in [6.07, 6.45) is 0. The molecule has 5 nitrogen and oxygen atoms in total. The summed E-state index contributed by atoms with van der Waals surface area (Å²) in [6, 6.07) is 25.1. The van der Waals surface area contributed by atoms with Crippen LogP contribution in [0.4, 0.5) is 0 Å². The maximum absolute atomic E-state index is 12.5. The van der Waals surface area contributed by atoms with Gasteiger partial charge in [-0.2, -0.15) is 0 Å². The molecule has 142 valence electrons. The molecular formula is C24H17NO4. The van der Waals surface area contributed by atoms with Crippen LogP contribution in [-0.4, -0.2) is 23.3 Å². The summed E-state index contributed by atoms with van der Waals surface area (Å²) in [5.74, 6) is -1.02. The number of hydrogen-bond donors (Lipinski definition) is 1. The fourth-order valence-electron chi connectivity index (χ4n) is 3.14. The summed E-state index contributed by atoms with van der Waals surface area (Å²) >= 11 is 0. The van der Waals surface area contributed by atoms with E-state index >= 15 is 0 Å². The molecule has 0 aliphatic heterocycles. The van der Waals surface area contributed by atoms with Crippen LogP contribution in [0.2, 0.25) is 0 Å². The zero-order valence-corrected chi connectivity index (χ0v) is 15.4. The predicted octanol–water partition coefficient (Wildman–Crippen LogP) is 4.23. The normalized spacial score (nSPS) is 10.6. The Bertz CT molecular complexity index is 1240. The summed E-state index contributed by atoms with van der Waals surface area (Å²) in [5, 5.41) is 0.566. The fraction of sp³-hybridized carbons (Fsp3) is 0.0417. The molecular weight excluding hydrogens is 366 g/mol. The number of pyridine rings is 1. The van der Waals surface area contributed by atoms with Crippen LogP contribution >= 0.6 is 0 Å². The van der Waals surface area contributed by atoms with Crippen molar-refractivity contribution in [3.05, 3.63) is 106 Å². The van der Waals surface area contributed by atoms with Gasteiger partial charge in [-0.1, -0.05) is 72.8 Å². The Labute approximate surface area is 166 Å². The van der Waals surface area contributed by atoms with Gasteiger partial charge in [0, 0.05) is 22.5 Å². The molecule has 1 aromatic heterocycles. The van der Waals surface area contributed by atoms with Gasteiger partial charge in [0.1, 0.15) is 0 Å². The van der Waals surface area contributed by atoms with E-state index in [1.54, 1.807) is 36.4 Å². The number of ketones is 1. The van der Waals surface area contributed by atoms with Gasteiger partial charge in [0.05, 0.1) is 5.56 Å². The lowest BCUT2D eigenvalue weighted by atomic mass is 10.0. The molecule has 1 heterocycles. The molecule has 0 aliphatic carbocycles. The molecule has 0 radical (unpaired) electrons. The molecule has 3 aromatic carbocycles. The molecule has 0 aliphatic rings. The van der Waals surface area contributed by atoms with Gasteiger partial charge >= 0.3 is 5.97 Å². The number of Topliss-reactive ketones (excluding diaryl/α,β-unsaturated/α-hetero) is 1. The first-order valence-corrected chi connectivity index (χ1v) is 9.10. The van der Waals surface area contributed by atoms with Crippen LogP contribution in [0.25, 0.3) is 22.0 Å². The Kier molecular flexibility index (Phi) is 5.03. The largest absolute Gasteiger partial charge is 0.454 e. The van der Waals surface area contributed by atoms with Crippen LogP contribution in [0.5, 0.6) is 0 Å². The number of ether oxygens (including phenoxy) is 1. The second-order valence-electron chi connectivity index (χ2n) is 6.54. The first kappa shape index (κ1) is 18.4. The molecule has 0 unspecified atom stereocenters. The summed E-state index contributed by atoms with van der Waals surface area (Å²) in [5.41, 5.74) is 2.77. The van der Waals surface area contributed by atoms with Gasteiger partial charge in [-0.05, 0) is 17.2 Å². The number of esters is 1. The lowest BCUT2D eigenvalue weighted by molar-refractivity contribution is 0.0476. The van der Waals surface area contributed by atoms with Crippen LogP contribution in [0.3, 0.4) is 0 Å². The highest BCUT2D eigenvalue weighted by atomic mass is 16.5. The SMILES string of the molecule is O=C(COC(=O)c1cc(=O)[nH]c2ccccc12)c1ccc(-c2ccccc2)cc1.